The van der Waals surface area contributed by atoms with E-state index in [2.05, 4.69) is 10.6 Å². The average Bonchev–Trinajstić information content (AvgIpc) is 2.44. The van der Waals surface area contributed by atoms with Crippen LogP contribution in [0.25, 0.3) is 0 Å². The molecule has 2 amide bonds. The Morgan fingerprint density at radius 1 is 1.48 bits per heavy atom. The summed E-state index contributed by atoms with van der Waals surface area (Å²) in [6, 6.07) is 5.05. The molecule has 0 bridgehead atoms. The maximum Gasteiger partial charge on any atom is 0.241 e. The van der Waals surface area contributed by atoms with Gasteiger partial charge in [-0.15, -0.1) is 12.4 Å². The second kappa shape index (κ2) is 8.26. The first-order valence-corrected chi connectivity index (χ1v) is 7.97. The van der Waals surface area contributed by atoms with E-state index in [-0.39, 0.29) is 24.2 Å². The molecule has 1 aromatic carbocycles. The van der Waals surface area contributed by atoms with Crippen LogP contribution in [0.3, 0.4) is 0 Å². The maximum atomic E-state index is 11.9. The Morgan fingerprint density at radius 3 is 2.95 bits per heavy atom. The van der Waals surface area contributed by atoms with Crippen LogP contribution in [-0.4, -0.2) is 29.9 Å². The van der Waals surface area contributed by atoms with Crippen molar-refractivity contribution in [3.63, 3.8) is 0 Å². The Hall–Kier alpha value is -1.24. The molecule has 0 saturated heterocycles. The molecule has 7 heteroatoms. The summed E-state index contributed by atoms with van der Waals surface area (Å²) in [7, 11) is 0. The average molecular weight is 330 g/mol. The van der Waals surface area contributed by atoms with Crippen LogP contribution in [0, 0.1) is 0 Å². The van der Waals surface area contributed by atoms with Crippen LogP contribution in [0.5, 0.6) is 0 Å². The molecular formula is C14H20ClN3O2S. The molecule has 1 aromatic rings. The van der Waals surface area contributed by atoms with Gasteiger partial charge in [-0.1, -0.05) is 6.07 Å². The van der Waals surface area contributed by atoms with Crippen LogP contribution in [-0.2, 0) is 16.0 Å². The summed E-state index contributed by atoms with van der Waals surface area (Å²) < 4.78 is 0. The third-order valence-corrected chi connectivity index (χ3v) is 3.89. The van der Waals surface area contributed by atoms with Gasteiger partial charge in [0.15, 0.2) is 0 Å². The first-order chi connectivity index (χ1) is 9.60. The highest BCUT2D eigenvalue weighted by molar-refractivity contribution is 7.98. The van der Waals surface area contributed by atoms with Crippen molar-refractivity contribution >= 4 is 47.4 Å². The summed E-state index contributed by atoms with van der Waals surface area (Å²) in [5.41, 5.74) is 8.35. The molecule has 1 aliphatic heterocycles. The zero-order chi connectivity index (χ0) is 14.5. The number of anilines is 2. The predicted octanol–water partition coefficient (Wildman–Crippen LogP) is 2.01. The van der Waals surface area contributed by atoms with Crippen LogP contribution >= 0.6 is 24.2 Å². The number of hydrogen-bond acceptors (Lipinski definition) is 4. The summed E-state index contributed by atoms with van der Waals surface area (Å²) in [6.45, 7) is 0. The lowest BCUT2D eigenvalue weighted by molar-refractivity contribution is -0.117. The standard InChI is InChI=1S/C14H19N3O2S.ClH/c1-20-7-6-11(15)14(19)16-10-4-2-9-3-5-13(18)17-12(9)8-10;/h2,4,8,11H,3,5-7,15H2,1H3,(H,16,19)(H,17,18);1H/t11-;/m0./s1. The largest absolute Gasteiger partial charge is 0.326 e. The van der Waals surface area contributed by atoms with Gasteiger partial charge in [0, 0.05) is 17.8 Å². The number of thioether (sulfide) groups is 1. The van der Waals surface area contributed by atoms with Crippen molar-refractivity contribution in [2.24, 2.45) is 5.73 Å². The van der Waals surface area contributed by atoms with Crippen molar-refractivity contribution in [3.8, 4) is 0 Å². The molecule has 0 aromatic heterocycles. The van der Waals surface area contributed by atoms with E-state index in [0.29, 0.717) is 18.5 Å². The van der Waals surface area contributed by atoms with Crippen LogP contribution in [0.4, 0.5) is 11.4 Å². The molecule has 0 spiro atoms. The number of carbonyl (C=O) groups excluding carboxylic acids is 2. The van der Waals surface area contributed by atoms with E-state index in [1.807, 2.05) is 18.4 Å². The Bertz CT molecular complexity index is 525. The topological polar surface area (TPSA) is 84.2 Å². The quantitative estimate of drug-likeness (QED) is 0.771. The molecule has 0 unspecified atom stereocenters. The van der Waals surface area contributed by atoms with Crippen LogP contribution in [0.15, 0.2) is 18.2 Å². The molecule has 0 saturated carbocycles. The van der Waals surface area contributed by atoms with Gasteiger partial charge in [-0.25, -0.2) is 0 Å². The van der Waals surface area contributed by atoms with E-state index in [1.165, 1.54) is 0 Å². The van der Waals surface area contributed by atoms with Crippen molar-refractivity contribution in [3.05, 3.63) is 23.8 Å². The summed E-state index contributed by atoms with van der Waals surface area (Å²) in [6.07, 6.45) is 3.88. The third kappa shape index (κ3) is 4.91. The van der Waals surface area contributed by atoms with E-state index >= 15 is 0 Å². The van der Waals surface area contributed by atoms with Crippen molar-refractivity contribution in [1.29, 1.82) is 0 Å². The highest BCUT2D eigenvalue weighted by Gasteiger charge is 2.17. The lowest BCUT2D eigenvalue weighted by Gasteiger charge is -2.18. The van der Waals surface area contributed by atoms with Gasteiger partial charge in [0.25, 0.3) is 0 Å². The maximum absolute atomic E-state index is 11.9. The predicted molar refractivity (Wildman–Crippen MR) is 90.2 cm³/mol. The van der Waals surface area contributed by atoms with Gasteiger partial charge in [-0.3, -0.25) is 9.59 Å². The van der Waals surface area contributed by atoms with Gasteiger partial charge in [0.2, 0.25) is 11.8 Å². The van der Waals surface area contributed by atoms with Crippen molar-refractivity contribution < 1.29 is 9.59 Å². The van der Waals surface area contributed by atoms with Gasteiger partial charge >= 0.3 is 0 Å². The van der Waals surface area contributed by atoms with Crippen molar-refractivity contribution in [2.45, 2.75) is 25.3 Å². The monoisotopic (exact) mass is 329 g/mol. The molecule has 1 aliphatic rings. The minimum atomic E-state index is -0.506. The fourth-order valence-corrected chi connectivity index (χ4v) is 2.55. The number of rotatable bonds is 5. The summed E-state index contributed by atoms with van der Waals surface area (Å²) in [4.78, 5) is 23.3. The fraction of sp³-hybridized carbons (Fsp3) is 0.429. The summed E-state index contributed by atoms with van der Waals surface area (Å²) in [5.74, 6) is 0.674. The number of aryl methyl sites for hydroxylation is 1. The first kappa shape index (κ1) is 17.8. The number of hydrogen-bond donors (Lipinski definition) is 3. The SMILES string of the molecule is CSCC[C@H](N)C(=O)Nc1ccc2c(c1)NC(=O)CC2.Cl. The van der Waals surface area contributed by atoms with Crippen molar-refractivity contribution in [2.75, 3.05) is 22.6 Å². The van der Waals surface area contributed by atoms with E-state index in [4.69, 9.17) is 5.73 Å². The highest BCUT2D eigenvalue weighted by Crippen LogP contribution is 2.25. The van der Waals surface area contributed by atoms with E-state index in [9.17, 15) is 9.59 Å². The molecule has 0 fully saturated rings. The number of carbonyl (C=O) groups is 2. The minimum absolute atomic E-state index is 0. The second-order valence-corrected chi connectivity index (χ2v) is 5.78. The van der Waals surface area contributed by atoms with Gasteiger partial charge < -0.3 is 16.4 Å². The van der Waals surface area contributed by atoms with E-state index in [1.54, 1.807) is 17.8 Å². The molecule has 1 atom stereocenters. The number of nitrogens with one attached hydrogen (secondary N) is 2. The number of amides is 2. The molecule has 4 N–H and O–H groups in total. The molecule has 116 valence electrons. The summed E-state index contributed by atoms with van der Waals surface area (Å²) >= 11 is 1.67. The number of fused-ring (bicyclic) bond motifs is 1. The van der Waals surface area contributed by atoms with Crippen LogP contribution in [0.1, 0.15) is 18.4 Å². The Labute approximate surface area is 134 Å². The van der Waals surface area contributed by atoms with Gasteiger partial charge in [0.05, 0.1) is 6.04 Å². The van der Waals surface area contributed by atoms with E-state index < -0.39 is 6.04 Å². The molecule has 1 heterocycles. The van der Waals surface area contributed by atoms with E-state index in [0.717, 1.165) is 23.4 Å². The highest BCUT2D eigenvalue weighted by atomic mass is 35.5. The smallest absolute Gasteiger partial charge is 0.241 e. The lowest BCUT2D eigenvalue weighted by atomic mass is 10.0. The van der Waals surface area contributed by atoms with Crippen LogP contribution in [0.2, 0.25) is 0 Å². The molecule has 2 rings (SSSR count). The van der Waals surface area contributed by atoms with Gasteiger partial charge in [-0.2, -0.15) is 11.8 Å². The summed E-state index contributed by atoms with van der Waals surface area (Å²) in [5, 5.41) is 5.60. The number of benzene rings is 1. The number of nitrogens with two attached hydrogens (primary N) is 1. The Morgan fingerprint density at radius 2 is 2.24 bits per heavy atom. The molecule has 0 radical (unpaired) electrons. The first-order valence-electron chi connectivity index (χ1n) is 6.58. The molecule has 21 heavy (non-hydrogen) atoms. The Balaban J connectivity index is 0.00000220. The normalized spacial score (nSPS) is 14.5. The molecule has 5 nitrogen and oxygen atoms in total. The lowest BCUT2D eigenvalue weighted by Crippen LogP contribution is -2.36. The number of halogens is 1. The minimum Gasteiger partial charge on any atom is -0.326 e. The zero-order valence-electron chi connectivity index (χ0n) is 11.8. The molecular weight excluding hydrogens is 310 g/mol. The van der Waals surface area contributed by atoms with Gasteiger partial charge in [-0.05, 0) is 42.5 Å². The van der Waals surface area contributed by atoms with Gasteiger partial charge in [0.1, 0.15) is 0 Å². The van der Waals surface area contributed by atoms with Crippen molar-refractivity contribution in [1.82, 2.24) is 0 Å². The Kier molecular flexibility index (Phi) is 7.01. The molecule has 0 aliphatic carbocycles. The van der Waals surface area contributed by atoms with Crippen LogP contribution < -0.4 is 16.4 Å². The second-order valence-electron chi connectivity index (χ2n) is 4.80. The third-order valence-electron chi connectivity index (χ3n) is 3.24. The zero-order valence-corrected chi connectivity index (χ0v) is 13.5. The fourth-order valence-electron chi connectivity index (χ4n) is 2.06.